The van der Waals surface area contributed by atoms with Crippen LogP contribution in [0.3, 0.4) is 0 Å². The van der Waals surface area contributed by atoms with E-state index >= 15 is 0 Å². The molecule has 0 aromatic heterocycles. The molecule has 1 N–H and O–H groups in total. The van der Waals surface area contributed by atoms with Crippen LogP contribution in [0.15, 0.2) is 42.5 Å². The van der Waals surface area contributed by atoms with Crippen molar-refractivity contribution in [3.05, 3.63) is 69.5 Å². The molecule has 0 fully saturated rings. The molecular formula is C21H23Cl2FN2O2S. The summed E-state index contributed by atoms with van der Waals surface area (Å²) in [7, 11) is 0. The number of thioether (sulfide) groups is 1. The number of nitrogens with one attached hydrogen (secondary N) is 1. The van der Waals surface area contributed by atoms with Gasteiger partial charge in [0, 0.05) is 34.5 Å². The highest BCUT2D eigenvalue weighted by Gasteiger charge is 2.26. The van der Waals surface area contributed by atoms with Crippen LogP contribution in [0.1, 0.15) is 25.0 Å². The Hall–Kier alpha value is -1.76. The Morgan fingerprint density at radius 2 is 1.93 bits per heavy atom. The first-order valence-corrected chi connectivity index (χ1v) is 11.1. The van der Waals surface area contributed by atoms with Crippen LogP contribution in [0.5, 0.6) is 0 Å². The van der Waals surface area contributed by atoms with E-state index in [2.05, 4.69) is 5.32 Å². The summed E-state index contributed by atoms with van der Waals surface area (Å²) in [5.74, 6) is -0.498. The van der Waals surface area contributed by atoms with E-state index in [9.17, 15) is 14.0 Å². The van der Waals surface area contributed by atoms with Gasteiger partial charge in [0.2, 0.25) is 11.8 Å². The first-order chi connectivity index (χ1) is 13.8. The first kappa shape index (κ1) is 23.5. The molecule has 0 spiro atoms. The minimum absolute atomic E-state index is 0.0922. The maximum Gasteiger partial charge on any atom is 0.242 e. The number of halogens is 3. The van der Waals surface area contributed by atoms with Crippen LogP contribution in [0.25, 0.3) is 0 Å². The molecule has 2 aromatic carbocycles. The maximum absolute atomic E-state index is 13.9. The maximum atomic E-state index is 13.9. The number of carbonyl (C=O) groups excluding carboxylic acids is 2. The minimum Gasteiger partial charge on any atom is -0.355 e. The van der Waals surface area contributed by atoms with Crippen molar-refractivity contribution < 1.29 is 14.0 Å². The number of rotatable bonds is 9. The van der Waals surface area contributed by atoms with E-state index in [1.54, 1.807) is 31.2 Å². The zero-order chi connectivity index (χ0) is 21.4. The third-order valence-electron chi connectivity index (χ3n) is 4.29. The SMILES string of the molecule is CCNC(=O)[C@H](C)N(Cc1cccc(Cl)c1)C(=O)CSCc1c(F)cccc1Cl. The van der Waals surface area contributed by atoms with E-state index in [0.717, 1.165) is 5.56 Å². The summed E-state index contributed by atoms with van der Waals surface area (Å²) in [5, 5.41) is 3.63. The predicted molar refractivity (Wildman–Crippen MR) is 118 cm³/mol. The molecule has 0 unspecified atom stereocenters. The lowest BCUT2D eigenvalue weighted by Gasteiger charge is -2.28. The van der Waals surface area contributed by atoms with Crippen molar-refractivity contribution in [2.75, 3.05) is 12.3 Å². The molecule has 0 heterocycles. The summed E-state index contributed by atoms with van der Waals surface area (Å²) in [6.07, 6.45) is 0. The van der Waals surface area contributed by atoms with Gasteiger partial charge in [-0.1, -0.05) is 41.4 Å². The smallest absolute Gasteiger partial charge is 0.242 e. The Kier molecular flexibility index (Phi) is 9.27. The molecule has 8 heteroatoms. The lowest BCUT2D eigenvalue weighted by Crippen LogP contribution is -2.48. The number of carbonyl (C=O) groups is 2. The third-order valence-corrected chi connectivity index (χ3v) is 5.83. The highest BCUT2D eigenvalue weighted by Crippen LogP contribution is 2.24. The monoisotopic (exact) mass is 456 g/mol. The highest BCUT2D eigenvalue weighted by molar-refractivity contribution is 7.99. The van der Waals surface area contributed by atoms with Gasteiger partial charge < -0.3 is 10.2 Å². The lowest BCUT2D eigenvalue weighted by atomic mass is 10.1. The van der Waals surface area contributed by atoms with Crippen molar-refractivity contribution in [3.63, 3.8) is 0 Å². The standard InChI is InChI=1S/C21H23Cl2FN2O2S/c1-3-25-21(28)14(2)26(11-15-6-4-7-16(22)10-15)20(27)13-29-12-17-18(23)8-5-9-19(17)24/h4-10,14H,3,11-13H2,1-2H3,(H,25,28)/t14-/m0/s1. The van der Waals surface area contributed by atoms with Crippen molar-refractivity contribution in [2.24, 2.45) is 0 Å². The minimum atomic E-state index is -0.654. The molecule has 0 aliphatic heterocycles. The van der Waals surface area contributed by atoms with Crippen LogP contribution in [0, 0.1) is 5.82 Å². The predicted octanol–water partition coefficient (Wildman–Crippen LogP) is 4.92. The highest BCUT2D eigenvalue weighted by atomic mass is 35.5. The van der Waals surface area contributed by atoms with Gasteiger partial charge in [-0.3, -0.25) is 9.59 Å². The second kappa shape index (κ2) is 11.4. The number of hydrogen-bond donors (Lipinski definition) is 1. The van der Waals surface area contributed by atoms with Crippen LogP contribution in [0.4, 0.5) is 4.39 Å². The number of hydrogen-bond acceptors (Lipinski definition) is 3. The average molecular weight is 457 g/mol. The molecule has 0 aliphatic rings. The molecule has 0 bridgehead atoms. The van der Waals surface area contributed by atoms with E-state index < -0.39 is 11.9 Å². The van der Waals surface area contributed by atoms with E-state index in [0.29, 0.717) is 22.2 Å². The Morgan fingerprint density at radius 3 is 2.59 bits per heavy atom. The van der Waals surface area contributed by atoms with Crippen molar-refractivity contribution in [1.82, 2.24) is 10.2 Å². The van der Waals surface area contributed by atoms with E-state index in [-0.39, 0.29) is 29.9 Å². The first-order valence-electron chi connectivity index (χ1n) is 9.15. The molecule has 0 aliphatic carbocycles. The number of nitrogens with zero attached hydrogens (tertiary/aromatic N) is 1. The Labute approximate surface area is 184 Å². The topological polar surface area (TPSA) is 49.4 Å². The summed E-state index contributed by atoms with van der Waals surface area (Å²) in [5.41, 5.74) is 1.19. The zero-order valence-electron chi connectivity index (χ0n) is 16.3. The molecule has 1 atom stereocenters. The number of likely N-dealkylation sites (N-methyl/N-ethyl adjacent to an activating group) is 1. The molecule has 156 valence electrons. The average Bonchev–Trinajstić information content (AvgIpc) is 2.68. The molecule has 2 amide bonds. The summed E-state index contributed by atoms with van der Waals surface area (Å²) in [6, 6.07) is 11.0. The van der Waals surface area contributed by atoms with Crippen LogP contribution in [0.2, 0.25) is 10.0 Å². The van der Waals surface area contributed by atoms with E-state index in [4.69, 9.17) is 23.2 Å². The molecule has 0 saturated carbocycles. The molecule has 29 heavy (non-hydrogen) atoms. The summed E-state index contributed by atoms with van der Waals surface area (Å²) < 4.78 is 13.9. The Morgan fingerprint density at radius 1 is 1.21 bits per heavy atom. The molecule has 0 saturated heterocycles. The van der Waals surface area contributed by atoms with Crippen LogP contribution in [-0.2, 0) is 21.9 Å². The fourth-order valence-electron chi connectivity index (χ4n) is 2.73. The summed E-state index contributed by atoms with van der Waals surface area (Å²) in [4.78, 5) is 26.7. The van der Waals surface area contributed by atoms with Crippen molar-refractivity contribution in [2.45, 2.75) is 32.2 Å². The summed E-state index contributed by atoms with van der Waals surface area (Å²) >= 11 is 13.3. The molecule has 4 nitrogen and oxygen atoms in total. The number of amides is 2. The largest absolute Gasteiger partial charge is 0.355 e. The Balaban J connectivity index is 2.10. The van der Waals surface area contributed by atoms with Crippen molar-refractivity contribution in [3.8, 4) is 0 Å². The normalized spacial score (nSPS) is 11.8. The van der Waals surface area contributed by atoms with Gasteiger partial charge in [0.25, 0.3) is 0 Å². The van der Waals surface area contributed by atoms with Crippen LogP contribution >= 0.6 is 35.0 Å². The van der Waals surface area contributed by atoms with Gasteiger partial charge in [-0.2, -0.15) is 0 Å². The van der Waals surface area contributed by atoms with Gasteiger partial charge in [0.1, 0.15) is 11.9 Å². The van der Waals surface area contributed by atoms with Crippen molar-refractivity contribution in [1.29, 1.82) is 0 Å². The van der Waals surface area contributed by atoms with Gasteiger partial charge >= 0.3 is 0 Å². The van der Waals surface area contributed by atoms with Crippen LogP contribution < -0.4 is 5.32 Å². The van der Waals surface area contributed by atoms with Gasteiger partial charge in [-0.15, -0.1) is 11.8 Å². The zero-order valence-corrected chi connectivity index (χ0v) is 18.6. The molecule has 2 rings (SSSR count). The van der Waals surface area contributed by atoms with Gasteiger partial charge in [0.15, 0.2) is 0 Å². The quantitative estimate of drug-likeness (QED) is 0.582. The third kappa shape index (κ3) is 6.91. The van der Waals surface area contributed by atoms with Crippen molar-refractivity contribution >= 4 is 46.8 Å². The summed E-state index contributed by atoms with van der Waals surface area (Å²) in [6.45, 7) is 4.23. The van der Waals surface area contributed by atoms with Crippen LogP contribution in [-0.4, -0.2) is 35.1 Å². The Bertz CT molecular complexity index is 846. The van der Waals surface area contributed by atoms with Gasteiger partial charge in [-0.25, -0.2) is 4.39 Å². The van der Waals surface area contributed by atoms with E-state index in [1.165, 1.54) is 28.8 Å². The number of benzene rings is 2. The second-order valence-electron chi connectivity index (χ2n) is 6.42. The fourth-order valence-corrected chi connectivity index (χ4v) is 4.19. The molecule has 2 aromatic rings. The lowest BCUT2D eigenvalue weighted by molar-refractivity contribution is -0.138. The molecule has 0 radical (unpaired) electrons. The van der Waals surface area contributed by atoms with Gasteiger partial charge in [0.05, 0.1) is 5.75 Å². The fraction of sp³-hybridized carbons (Fsp3) is 0.333. The second-order valence-corrected chi connectivity index (χ2v) is 8.24. The van der Waals surface area contributed by atoms with E-state index in [1.807, 2.05) is 13.0 Å². The van der Waals surface area contributed by atoms with Gasteiger partial charge in [-0.05, 0) is 43.7 Å². The molecular weight excluding hydrogens is 434 g/mol.